The summed E-state index contributed by atoms with van der Waals surface area (Å²) in [5.41, 5.74) is 6.05. The molecule has 1 aliphatic carbocycles. The SMILES string of the molecule is CC1CN(C(=O)OC(C)(C)C)CCC1C1(CN)CCCC1. The Kier molecular flexibility index (Phi) is 4.86. The molecule has 21 heavy (non-hydrogen) atoms. The maximum atomic E-state index is 12.2. The molecule has 0 spiro atoms. The Hall–Kier alpha value is -0.770. The third kappa shape index (κ3) is 3.71. The summed E-state index contributed by atoms with van der Waals surface area (Å²) in [5.74, 6) is 1.16. The van der Waals surface area contributed by atoms with E-state index in [1.54, 1.807) is 0 Å². The number of rotatable bonds is 2. The van der Waals surface area contributed by atoms with Crippen LogP contribution in [0, 0.1) is 17.3 Å². The second-order valence-corrected chi connectivity index (χ2v) is 8.07. The second kappa shape index (κ2) is 6.15. The Morgan fingerprint density at radius 1 is 1.33 bits per heavy atom. The Morgan fingerprint density at radius 3 is 2.43 bits per heavy atom. The standard InChI is InChI=1S/C17H32N2O2/c1-13-11-19(15(20)21-16(2,3)4)10-7-14(13)17(12-18)8-5-6-9-17/h13-14H,5-12,18H2,1-4H3. The number of likely N-dealkylation sites (tertiary alicyclic amines) is 1. The lowest BCUT2D eigenvalue weighted by Crippen LogP contribution is -2.50. The molecule has 1 aliphatic heterocycles. The Morgan fingerprint density at radius 2 is 1.95 bits per heavy atom. The van der Waals surface area contributed by atoms with Crippen molar-refractivity contribution in [1.29, 1.82) is 0 Å². The number of nitrogens with two attached hydrogens (primary N) is 1. The number of carbonyl (C=O) groups excluding carboxylic acids is 1. The summed E-state index contributed by atoms with van der Waals surface area (Å²) >= 11 is 0. The molecule has 122 valence electrons. The van der Waals surface area contributed by atoms with Gasteiger partial charge in [-0.3, -0.25) is 0 Å². The van der Waals surface area contributed by atoms with Gasteiger partial charge in [0.2, 0.25) is 0 Å². The van der Waals surface area contributed by atoms with Gasteiger partial charge in [-0.2, -0.15) is 0 Å². The summed E-state index contributed by atoms with van der Waals surface area (Å²) in [5, 5.41) is 0. The van der Waals surface area contributed by atoms with E-state index in [0.29, 0.717) is 17.3 Å². The average Bonchev–Trinajstić information content (AvgIpc) is 2.86. The molecular formula is C17H32N2O2. The first-order chi connectivity index (χ1) is 9.77. The van der Waals surface area contributed by atoms with Crippen molar-refractivity contribution < 1.29 is 9.53 Å². The third-order valence-electron chi connectivity index (χ3n) is 5.35. The van der Waals surface area contributed by atoms with Gasteiger partial charge in [-0.25, -0.2) is 4.79 Å². The van der Waals surface area contributed by atoms with E-state index in [4.69, 9.17) is 10.5 Å². The van der Waals surface area contributed by atoms with Crippen molar-refractivity contribution in [2.24, 2.45) is 23.0 Å². The van der Waals surface area contributed by atoms with E-state index in [9.17, 15) is 4.79 Å². The molecule has 0 aromatic rings. The van der Waals surface area contributed by atoms with Crippen molar-refractivity contribution in [2.45, 2.75) is 65.4 Å². The molecular weight excluding hydrogens is 264 g/mol. The monoisotopic (exact) mass is 296 g/mol. The quantitative estimate of drug-likeness (QED) is 0.849. The lowest BCUT2D eigenvalue weighted by molar-refractivity contribution is -0.00491. The first-order valence-electron chi connectivity index (χ1n) is 8.45. The lowest BCUT2D eigenvalue weighted by Gasteiger charge is -2.46. The summed E-state index contributed by atoms with van der Waals surface area (Å²) in [4.78, 5) is 14.1. The van der Waals surface area contributed by atoms with Crippen molar-refractivity contribution in [3.63, 3.8) is 0 Å². The van der Waals surface area contributed by atoms with Crippen molar-refractivity contribution in [3.8, 4) is 0 Å². The van der Waals surface area contributed by atoms with Crippen LogP contribution in [0.5, 0.6) is 0 Å². The molecule has 2 rings (SSSR count). The zero-order valence-electron chi connectivity index (χ0n) is 14.2. The number of piperidine rings is 1. The number of hydrogen-bond acceptors (Lipinski definition) is 3. The first kappa shape index (κ1) is 16.6. The molecule has 1 heterocycles. The molecule has 0 bridgehead atoms. The number of carbonyl (C=O) groups is 1. The minimum atomic E-state index is -0.416. The van der Waals surface area contributed by atoms with Gasteiger partial charge in [0.15, 0.2) is 0 Å². The molecule has 1 saturated carbocycles. The van der Waals surface area contributed by atoms with Crippen LogP contribution >= 0.6 is 0 Å². The van der Waals surface area contributed by atoms with Crippen LogP contribution in [0.15, 0.2) is 0 Å². The van der Waals surface area contributed by atoms with Crippen molar-refractivity contribution in [1.82, 2.24) is 4.90 Å². The van der Waals surface area contributed by atoms with E-state index < -0.39 is 5.60 Å². The topological polar surface area (TPSA) is 55.6 Å². The van der Waals surface area contributed by atoms with Crippen LogP contribution in [0.2, 0.25) is 0 Å². The molecule has 1 amide bonds. The molecule has 2 aliphatic rings. The van der Waals surface area contributed by atoms with E-state index in [1.807, 2.05) is 25.7 Å². The van der Waals surface area contributed by atoms with Crippen LogP contribution in [-0.2, 0) is 4.74 Å². The molecule has 2 atom stereocenters. The summed E-state index contributed by atoms with van der Waals surface area (Å²) in [7, 11) is 0. The van der Waals surface area contributed by atoms with Crippen LogP contribution in [0.3, 0.4) is 0 Å². The largest absolute Gasteiger partial charge is 0.444 e. The van der Waals surface area contributed by atoms with Gasteiger partial charge in [0, 0.05) is 13.1 Å². The molecule has 0 aromatic heterocycles. The number of nitrogens with zero attached hydrogens (tertiary/aromatic N) is 1. The van der Waals surface area contributed by atoms with Gasteiger partial charge in [-0.05, 0) is 63.8 Å². The van der Waals surface area contributed by atoms with Gasteiger partial charge in [-0.1, -0.05) is 19.8 Å². The minimum absolute atomic E-state index is 0.166. The fourth-order valence-electron chi connectivity index (χ4n) is 4.35. The van der Waals surface area contributed by atoms with Crippen LogP contribution in [0.1, 0.15) is 59.8 Å². The number of ether oxygens (including phenoxy) is 1. The molecule has 0 radical (unpaired) electrons. The predicted molar refractivity (Wildman–Crippen MR) is 85.0 cm³/mol. The summed E-state index contributed by atoms with van der Waals surface area (Å²) in [6.07, 6.45) is 6.07. The number of hydrogen-bond donors (Lipinski definition) is 1. The fourth-order valence-corrected chi connectivity index (χ4v) is 4.35. The Labute approximate surface area is 129 Å². The highest BCUT2D eigenvalue weighted by Crippen LogP contribution is 2.49. The molecule has 2 fully saturated rings. The zero-order chi connectivity index (χ0) is 15.7. The van der Waals surface area contributed by atoms with E-state index >= 15 is 0 Å². The van der Waals surface area contributed by atoms with Crippen LogP contribution in [0.25, 0.3) is 0 Å². The average molecular weight is 296 g/mol. The highest BCUT2D eigenvalue weighted by molar-refractivity contribution is 5.68. The second-order valence-electron chi connectivity index (χ2n) is 8.07. The minimum Gasteiger partial charge on any atom is -0.444 e. The smallest absolute Gasteiger partial charge is 0.410 e. The zero-order valence-corrected chi connectivity index (χ0v) is 14.2. The van der Waals surface area contributed by atoms with Gasteiger partial charge < -0.3 is 15.4 Å². The summed E-state index contributed by atoms with van der Waals surface area (Å²) in [6, 6.07) is 0. The van der Waals surface area contributed by atoms with Crippen molar-refractivity contribution in [2.75, 3.05) is 19.6 Å². The molecule has 2 unspecified atom stereocenters. The van der Waals surface area contributed by atoms with Crippen LogP contribution < -0.4 is 5.73 Å². The van der Waals surface area contributed by atoms with Gasteiger partial charge in [0.25, 0.3) is 0 Å². The van der Waals surface area contributed by atoms with Gasteiger partial charge in [0.05, 0.1) is 0 Å². The molecule has 1 saturated heterocycles. The molecule has 4 nitrogen and oxygen atoms in total. The Bertz CT molecular complexity index is 369. The predicted octanol–water partition coefficient (Wildman–Crippen LogP) is 3.40. The highest BCUT2D eigenvalue weighted by atomic mass is 16.6. The first-order valence-corrected chi connectivity index (χ1v) is 8.45. The van der Waals surface area contributed by atoms with E-state index in [2.05, 4.69) is 6.92 Å². The van der Waals surface area contributed by atoms with E-state index in [0.717, 1.165) is 26.1 Å². The van der Waals surface area contributed by atoms with Crippen LogP contribution in [-0.4, -0.2) is 36.2 Å². The van der Waals surface area contributed by atoms with Crippen LogP contribution in [0.4, 0.5) is 4.79 Å². The highest BCUT2D eigenvalue weighted by Gasteiger charge is 2.45. The fraction of sp³-hybridized carbons (Fsp3) is 0.941. The Balaban J connectivity index is 1.97. The molecule has 0 aromatic carbocycles. The van der Waals surface area contributed by atoms with E-state index in [1.165, 1.54) is 25.7 Å². The van der Waals surface area contributed by atoms with E-state index in [-0.39, 0.29) is 6.09 Å². The maximum absolute atomic E-state index is 12.2. The van der Waals surface area contributed by atoms with Crippen molar-refractivity contribution >= 4 is 6.09 Å². The summed E-state index contributed by atoms with van der Waals surface area (Å²) in [6.45, 7) is 10.5. The molecule has 4 heteroatoms. The summed E-state index contributed by atoms with van der Waals surface area (Å²) < 4.78 is 5.50. The third-order valence-corrected chi connectivity index (χ3v) is 5.35. The van der Waals surface area contributed by atoms with Crippen molar-refractivity contribution in [3.05, 3.63) is 0 Å². The molecule has 2 N–H and O–H groups in total. The number of amides is 1. The lowest BCUT2D eigenvalue weighted by atomic mass is 9.65. The van der Waals surface area contributed by atoms with Gasteiger partial charge >= 0.3 is 6.09 Å². The normalized spacial score (nSPS) is 29.5. The maximum Gasteiger partial charge on any atom is 0.410 e. The van der Waals surface area contributed by atoms with Gasteiger partial charge in [0.1, 0.15) is 5.60 Å². The van der Waals surface area contributed by atoms with Gasteiger partial charge in [-0.15, -0.1) is 0 Å².